The molecule has 4 heteroatoms. The molecule has 0 atom stereocenters. The molecule has 0 spiro atoms. The average Bonchev–Trinajstić information content (AvgIpc) is 2.49. The van der Waals surface area contributed by atoms with Crippen molar-refractivity contribution < 1.29 is 14.3 Å². The van der Waals surface area contributed by atoms with Gasteiger partial charge in [-0.1, -0.05) is 34.1 Å². The maximum atomic E-state index is 12.3. The molecular weight excluding hydrogens is 332 g/mol. The van der Waals surface area contributed by atoms with Gasteiger partial charge in [0.1, 0.15) is 11.5 Å². The van der Waals surface area contributed by atoms with E-state index in [0.29, 0.717) is 23.7 Å². The lowest BCUT2D eigenvalue weighted by Crippen LogP contribution is -2.13. The maximum Gasteiger partial charge on any atom is 0.203 e. The summed E-state index contributed by atoms with van der Waals surface area (Å²) in [6.07, 6.45) is 0. The van der Waals surface area contributed by atoms with Gasteiger partial charge in [-0.25, -0.2) is 0 Å². The van der Waals surface area contributed by atoms with Crippen molar-refractivity contribution >= 4 is 21.7 Å². The summed E-state index contributed by atoms with van der Waals surface area (Å²) in [7, 11) is 0. The highest BCUT2D eigenvalue weighted by atomic mass is 79.9. The van der Waals surface area contributed by atoms with Gasteiger partial charge in [0.2, 0.25) is 5.78 Å². The summed E-state index contributed by atoms with van der Waals surface area (Å²) in [4.78, 5) is 12.3. The second kappa shape index (κ2) is 7.27. The number of ketones is 1. The fourth-order valence-electron chi connectivity index (χ4n) is 1.93. The first-order valence-electron chi connectivity index (χ1n) is 6.75. The Balaban J connectivity index is 2.10. The van der Waals surface area contributed by atoms with Gasteiger partial charge in [-0.05, 0) is 43.7 Å². The topological polar surface area (TPSA) is 35.5 Å². The number of hydrogen-bond donors (Lipinski definition) is 0. The van der Waals surface area contributed by atoms with Gasteiger partial charge >= 0.3 is 0 Å². The number of ether oxygens (including phenoxy) is 2. The number of aryl methyl sites for hydroxylation is 1. The summed E-state index contributed by atoms with van der Waals surface area (Å²) in [6, 6.07) is 13.0. The van der Waals surface area contributed by atoms with Crippen molar-refractivity contribution in [3.63, 3.8) is 0 Å². The average molecular weight is 349 g/mol. The van der Waals surface area contributed by atoms with Crippen LogP contribution < -0.4 is 9.47 Å². The Bertz CT molecular complexity index is 638. The van der Waals surface area contributed by atoms with E-state index >= 15 is 0 Å². The molecule has 0 aliphatic heterocycles. The van der Waals surface area contributed by atoms with Gasteiger partial charge in [-0.3, -0.25) is 4.79 Å². The fourth-order valence-corrected chi connectivity index (χ4v) is 2.27. The number of Topliss-reactive ketones (excluding diaryl/α,β-unsaturated/α-hetero) is 1. The third-order valence-corrected chi connectivity index (χ3v) is 3.49. The normalized spacial score (nSPS) is 10.2. The van der Waals surface area contributed by atoms with E-state index in [4.69, 9.17) is 9.47 Å². The van der Waals surface area contributed by atoms with Gasteiger partial charge in [0, 0.05) is 4.47 Å². The van der Waals surface area contributed by atoms with E-state index in [1.54, 1.807) is 12.1 Å². The van der Waals surface area contributed by atoms with Crippen LogP contribution in [-0.2, 0) is 0 Å². The third kappa shape index (κ3) is 4.08. The zero-order valence-corrected chi connectivity index (χ0v) is 13.6. The first-order chi connectivity index (χ1) is 10.1. The molecule has 0 fully saturated rings. The molecule has 110 valence electrons. The highest BCUT2D eigenvalue weighted by molar-refractivity contribution is 9.10. The van der Waals surface area contributed by atoms with E-state index in [0.717, 1.165) is 10.0 Å². The molecule has 2 aromatic carbocycles. The fraction of sp³-hybridized carbons (Fsp3) is 0.235. The van der Waals surface area contributed by atoms with Crippen LogP contribution >= 0.6 is 15.9 Å². The summed E-state index contributed by atoms with van der Waals surface area (Å²) in [6.45, 7) is 4.35. The molecular formula is C17H17BrO3. The van der Waals surface area contributed by atoms with E-state index in [-0.39, 0.29) is 12.4 Å². The molecule has 0 N–H and O–H groups in total. The van der Waals surface area contributed by atoms with Crippen molar-refractivity contribution in [2.75, 3.05) is 13.2 Å². The summed E-state index contributed by atoms with van der Waals surface area (Å²) in [5.41, 5.74) is 1.54. The summed E-state index contributed by atoms with van der Waals surface area (Å²) in [5, 5.41) is 0. The molecule has 0 heterocycles. The van der Waals surface area contributed by atoms with Crippen molar-refractivity contribution in [1.82, 2.24) is 0 Å². The van der Waals surface area contributed by atoms with Gasteiger partial charge in [0.15, 0.2) is 6.61 Å². The molecule has 0 radical (unpaired) electrons. The smallest absolute Gasteiger partial charge is 0.203 e. The van der Waals surface area contributed by atoms with Crippen LogP contribution in [0, 0.1) is 6.92 Å². The highest BCUT2D eigenvalue weighted by Crippen LogP contribution is 2.24. The van der Waals surface area contributed by atoms with Crippen molar-refractivity contribution in [3.8, 4) is 11.5 Å². The van der Waals surface area contributed by atoms with Gasteiger partial charge in [-0.15, -0.1) is 0 Å². The second-order valence-corrected chi connectivity index (χ2v) is 5.47. The molecule has 2 rings (SSSR count). The minimum Gasteiger partial charge on any atom is -0.493 e. The van der Waals surface area contributed by atoms with Crippen LogP contribution in [0.2, 0.25) is 0 Å². The minimum atomic E-state index is -0.0987. The standard InChI is InChI=1S/C17H17BrO3/c1-3-20-16-7-5-4-6-14(16)15(19)11-21-17-10-13(18)9-8-12(17)2/h4-10H,3,11H2,1-2H3. The summed E-state index contributed by atoms with van der Waals surface area (Å²) < 4.78 is 12.0. The Morgan fingerprint density at radius 3 is 2.62 bits per heavy atom. The van der Waals surface area contributed by atoms with Gasteiger partial charge in [0.25, 0.3) is 0 Å². The number of halogens is 1. The number of rotatable bonds is 6. The van der Waals surface area contributed by atoms with Gasteiger partial charge in [-0.2, -0.15) is 0 Å². The predicted molar refractivity (Wildman–Crippen MR) is 86.3 cm³/mol. The quantitative estimate of drug-likeness (QED) is 0.725. The molecule has 2 aromatic rings. The SMILES string of the molecule is CCOc1ccccc1C(=O)COc1cc(Br)ccc1C. The van der Waals surface area contributed by atoms with E-state index in [9.17, 15) is 4.79 Å². The minimum absolute atomic E-state index is 0.0125. The van der Waals surface area contributed by atoms with Crippen LogP contribution in [0.25, 0.3) is 0 Å². The monoisotopic (exact) mass is 348 g/mol. The Kier molecular flexibility index (Phi) is 5.39. The highest BCUT2D eigenvalue weighted by Gasteiger charge is 2.13. The molecule has 21 heavy (non-hydrogen) atoms. The number of benzene rings is 2. The Morgan fingerprint density at radius 1 is 1.10 bits per heavy atom. The number of hydrogen-bond acceptors (Lipinski definition) is 3. The molecule has 3 nitrogen and oxygen atoms in total. The lowest BCUT2D eigenvalue weighted by atomic mass is 10.1. The van der Waals surface area contributed by atoms with Crippen LogP contribution in [-0.4, -0.2) is 19.0 Å². The molecule has 0 saturated carbocycles. The van der Waals surface area contributed by atoms with E-state index in [1.807, 2.05) is 44.2 Å². The summed E-state index contributed by atoms with van der Waals surface area (Å²) >= 11 is 3.40. The largest absolute Gasteiger partial charge is 0.493 e. The van der Waals surface area contributed by atoms with Crippen molar-refractivity contribution in [1.29, 1.82) is 0 Å². The predicted octanol–water partition coefficient (Wildman–Crippen LogP) is 4.42. The Hall–Kier alpha value is -1.81. The zero-order chi connectivity index (χ0) is 15.2. The number of carbonyl (C=O) groups is 1. The van der Waals surface area contributed by atoms with Crippen LogP contribution in [0.15, 0.2) is 46.9 Å². The Morgan fingerprint density at radius 2 is 1.86 bits per heavy atom. The lowest BCUT2D eigenvalue weighted by molar-refractivity contribution is 0.0917. The number of para-hydroxylation sites is 1. The Labute approximate surface area is 133 Å². The second-order valence-electron chi connectivity index (χ2n) is 4.55. The molecule has 0 aliphatic carbocycles. The van der Waals surface area contributed by atoms with Crippen molar-refractivity contribution in [2.24, 2.45) is 0 Å². The van der Waals surface area contributed by atoms with Crippen LogP contribution in [0.3, 0.4) is 0 Å². The molecule has 0 amide bonds. The third-order valence-electron chi connectivity index (χ3n) is 3.00. The van der Waals surface area contributed by atoms with Gasteiger partial charge < -0.3 is 9.47 Å². The van der Waals surface area contributed by atoms with E-state index < -0.39 is 0 Å². The first kappa shape index (κ1) is 15.6. The van der Waals surface area contributed by atoms with E-state index in [2.05, 4.69) is 15.9 Å². The molecule has 0 aromatic heterocycles. The molecule has 0 aliphatic rings. The lowest BCUT2D eigenvalue weighted by Gasteiger charge is -2.11. The molecule has 0 unspecified atom stereocenters. The number of carbonyl (C=O) groups excluding carboxylic acids is 1. The molecule has 0 saturated heterocycles. The zero-order valence-electron chi connectivity index (χ0n) is 12.1. The van der Waals surface area contributed by atoms with Crippen LogP contribution in [0.1, 0.15) is 22.8 Å². The molecule has 0 bridgehead atoms. The maximum absolute atomic E-state index is 12.3. The van der Waals surface area contributed by atoms with Crippen LogP contribution in [0.5, 0.6) is 11.5 Å². The first-order valence-corrected chi connectivity index (χ1v) is 7.55. The van der Waals surface area contributed by atoms with Crippen LogP contribution in [0.4, 0.5) is 0 Å². The van der Waals surface area contributed by atoms with Crippen molar-refractivity contribution in [3.05, 3.63) is 58.1 Å². The van der Waals surface area contributed by atoms with Gasteiger partial charge in [0.05, 0.1) is 12.2 Å². The van der Waals surface area contributed by atoms with E-state index in [1.165, 1.54) is 0 Å². The van der Waals surface area contributed by atoms with Crippen molar-refractivity contribution in [2.45, 2.75) is 13.8 Å². The summed E-state index contributed by atoms with van der Waals surface area (Å²) in [5.74, 6) is 1.20.